The molecule has 0 saturated heterocycles. The van der Waals surface area contributed by atoms with Crippen LogP contribution in [0.2, 0.25) is 0 Å². The van der Waals surface area contributed by atoms with Gasteiger partial charge in [0.25, 0.3) is 5.91 Å². The molecule has 0 bridgehead atoms. The number of ether oxygens (including phenoxy) is 2. The Balaban J connectivity index is 1.61. The first-order chi connectivity index (χ1) is 14.5. The largest absolute Gasteiger partial charge is 0.497 e. The van der Waals surface area contributed by atoms with E-state index in [0.29, 0.717) is 44.5 Å². The summed E-state index contributed by atoms with van der Waals surface area (Å²) in [5.41, 5.74) is 3.01. The van der Waals surface area contributed by atoms with E-state index < -0.39 is 0 Å². The predicted octanol–water partition coefficient (Wildman–Crippen LogP) is 5.08. The molecule has 0 fully saturated rings. The molecule has 2 heterocycles. The number of anilines is 1. The summed E-state index contributed by atoms with van der Waals surface area (Å²) < 4.78 is 24.2. The Bertz CT molecular complexity index is 1260. The third kappa shape index (κ3) is 3.81. The maximum absolute atomic E-state index is 13.5. The highest BCUT2D eigenvalue weighted by molar-refractivity contribution is 7.14. The molecule has 152 valence electrons. The molecule has 1 amide bonds. The summed E-state index contributed by atoms with van der Waals surface area (Å²) >= 11 is 1.30. The molecule has 2 aromatic carbocycles. The van der Waals surface area contributed by atoms with Gasteiger partial charge in [0.1, 0.15) is 17.3 Å². The molecule has 8 heteroatoms. The average Bonchev–Trinajstić information content (AvgIpc) is 3.21. The topological polar surface area (TPSA) is 73.3 Å². The number of nitrogens with zero attached hydrogens (tertiary/aromatic N) is 2. The van der Waals surface area contributed by atoms with Crippen molar-refractivity contribution < 1.29 is 18.7 Å². The van der Waals surface area contributed by atoms with Gasteiger partial charge in [0.05, 0.1) is 36.7 Å². The first kappa shape index (κ1) is 19.8. The number of methoxy groups -OCH3 is 2. The van der Waals surface area contributed by atoms with E-state index in [1.807, 2.05) is 17.5 Å². The number of nitrogens with one attached hydrogen (secondary N) is 1. The van der Waals surface area contributed by atoms with Gasteiger partial charge >= 0.3 is 0 Å². The number of aryl methyl sites for hydroxylation is 1. The van der Waals surface area contributed by atoms with Crippen LogP contribution in [0.15, 0.2) is 47.8 Å². The molecule has 4 rings (SSSR count). The first-order valence-electron chi connectivity index (χ1n) is 9.04. The summed E-state index contributed by atoms with van der Waals surface area (Å²) in [6.45, 7) is 1.74. The smallest absolute Gasteiger partial charge is 0.259 e. The number of aromatic nitrogens is 2. The molecule has 1 N–H and O–H groups in total. The lowest BCUT2D eigenvalue weighted by Crippen LogP contribution is -2.14. The molecular formula is C22H18FN3O3S. The third-order valence-corrected chi connectivity index (χ3v) is 5.38. The van der Waals surface area contributed by atoms with Crippen LogP contribution >= 0.6 is 11.3 Å². The summed E-state index contributed by atoms with van der Waals surface area (Å²) in [4.78, 5) is 21.7. The third-order valence-electron chi connectivity index (χ3n) is 4.62. The Morgan fingerprint density at radius 3 is 2.67 bits per heavy atom. The molecule has 0 saturated carbocycles. The molecule has 2 aromatic heterocycles. The maximum atomic E-state index is 13.5. The van der Waals surface area contributed by atoms with Crippen LogP contribution in [0.25, 0.3) is 22.2 Å². The quantitative estimate of drug-likeness (QED) is 0.485. The SMILES string of the molecule is COc1ccc(-c2csc(NC(=O)c3cc4cc(F)ccc4nc3C)n2)c(OC)c1. The van der Waals surface area contributed by atoms with Gasteiger partial charge in [0.15, 0.2) is 5.13 Å². The lowest BCUT2D eigenvalue weighted by atomic mass is 10.1. The molecule has 0 radical (unpaired) electrons. The molecule has 0 spiro atoms. The van der Waals surface area contributed by atoms with Crippen LogP contribution in [0, 0.1) is 12.7 Å². The molecule has 4 aromatic rings. The Hall–Kier alpha value is -3.52. The summed E-state index contributed by atoms with van der Waals surface area (Å²) in [7, 11) is 3.16. The van der Waals surface area contributed by atoms with Crippen molar-refractivity contribution in [2.75, 3.05) is 19.5 Å². The van der Waals surface area contributed by atoms with E-state index in [4.69, 9.17) is 9.47 Å². The van der Waals surface area contributed by atoms with Gasteiger partial charge in [-0.05, 0) is 43.3 Å². The molecular weight excluding hydrogens is 405 g/mol. The van der Waals surface area contributed by atoms with Gasteiger partial charge in [0.2, 0.25) is 0 Å². The normalized spacial score (nSPS) is 10.8. The van der Waals surface area contributed by atoms with Crippen molar-refractivity contribution in [2.45, 2.75) is 6.92 Å². The summed E-state index contributed by atoms with van der Waals surface area (Å²) in [6, 6.07) is 11.4. The van der Waals surface area contributed by atoms with Crippen LogP contribution in [-0.2, 0) is 0 Å². The second-order valence-electron chi connectivity index (χ2n) is 6.52. The second kappa shape index (κ2) is 8.08. The molecule has 0 unspecified atom stereocenters. The number of benzene rings is 2. The first-order valence-corrected chi connectivity index (χ1v) is 9.92. The number of thiazole rings is 1. The van der Waals surface area contributed by atoms with Crippen LogP contribution in [0.3, 0.4) is 0 Å². The zero-order valence-electron chi connectivity index (χ0n) is 16.5. The van der Waals surface area contributed by atoms with Crippen molar-refractivity contribution >= 4 is 33.3 Å². The van der Waals surface area contributed by atoms with Crippen molar-refractivity contribution in [3.05, 3.63) is 64.9 Å². The fraction of sp³-hybridized carbons (Fsp3) is 0.136. The number of carbonyl (C=O) groups is 1. The lowest BCUT2D eigenvalue weighted by Gasteiger charge is -2.09. The highest BCUT2D eigenvalue weighted by atomic mass is 32.1. The summed E-state index contributed by atoms with van der Waals surface area (Å²) in [5.74, 6) is 0.565. The number of carbonyl (C=O) groups excluding carboxylic acids is 1. The van der Waals surface area contributed by atoms with E-state index in [2.05, 4.69) is 15.3 Å². The van der Waals surface area contributed by atoms with Gasteiger partial charge in [-0.2, -0.15) is 0 Å². The van der Waals surface area contributed by atoms with Gasteiger partial charge in [-0.25, -0.2) is 9.37 Å². The number of halogens is 1. The Labute approximate surface area is 176 Å². The predicted molar refractivity (Wildman–Crippen MR) is 115 cm³/mol. The number of pyridine rings is 1. The van der Waals surface area contributed by atoms with Crippen LogP contribution in [0.4, 0.5) is 9.52 Å². The molecule has 0 aliphatic heterocycles. The van der Waals surface area contributed by atoms with E-state index in [-0.39, 0.29) is 11.7 Å². The van der Waals surface area contributed by atoms with Crippen LogP contribution in [-0.4, -0.2) is 30.1 Å². The van der Waals surface area contributed by atoms with Crippen molar-refractivity contribution in [3.8, 4) is 22.8 Å². The number of hydrogen-bond acceptors (Lipinski definition) is 6. The molecule has 0 aliphatic carbocycles. The highest BCUT2D eigenvalue weighted by Crippen LogP contribution is 2.35. The van der Waals surface area contributed by atoms with Gasteiger partial charge in [-0.15, -0.1) is 11.3 Å². The molecule has 6 nitrogen and oxygen atoms in total. The van der Waals surface area contributed by atoms with E-state index in [9.17, 15) is 9.18 Å². The van der Waals surface area contributed by atoms with Gasteiger partial charge in [-0.1, -0.05) is 0 Å². The highest BCUT2D eigenvalue weighted by Gasteiger charge is 2.16. The van der Waals surface area contributed by atoms with Crippen LogP contribution < -0.4 is 14.8 Å². The van der Waals surface area contributed by atoms with E-state index >= 15 is 0 Å². The number of hydrogen-bond donors (Lipinski definition) is 1. The minimum Gasteiger partial charge on any atom is -0.497 e. The fourth-order valence-electron chi connectivity index (χ4n) is 3.10. The number of rotatable bonds is 5. The van der Waals surface area contributed by atoms with Crippen molar-refractivity contribution in [1.29, 1.82) is 0 Å². The maximum Gasteiger partial charge on any atom is 0.259 e. The zero-order valence-corrected chi connectivity index (χ0v) is 17.3. The van der Waals surface area contributed by atoms with Gasteiger partial charge in [0, 0.05) is 22.4 Å². The summed E-state index contributed by atoms with van der Waals surface area (Å²) in [6.07, 6.45) is 0. The minimum atomic E-state index is -0.377. The molecule has 30 heavy (non-hydrogen) atoms. The Morgan fingerprint density at radius 2 is 1.90 bits per heavy atom. The zero-order chi connectivity index (χ0) is 21.3. The van der Waals surface area contributed by atoms with Crippen molar-refractivity contribution in [3.63, 3.8) is 0 Å². The Morgan fingerprint density at radius 1 is 1.07 bits per heavy atom. The lowest BCUT2D eigenvalue weighted by molar-refractivity contribution is 0.102. The fourth-order valence-corrected chi connectivity index (χ4v) is 3.81. The second-order valence-corrected chi connectivity index (χ2v) is 7.37. The Kier molecular flexibility index (Phi) is 5.33. The van der Waals surface area contributed by atoms with E-state index in [1.54, 1.807) is 39.3 Å². The van der Waals surface area contributed by atoms with E-state index in [0.717, 1.165) is 5.56 Å². The van der Waals surface area contributed by atoms with Crippen molar-refractivity contribution in [2.24, 2.45) is 0 Å². The number of fused-ring (bicyclic) bond motifs is 1. The van der Waals surface area contributed by atoms with Gasteiger partial charge in [-0.3, -0.25) is 15.1 Å². The molecule has 0 atom stereocenters. The number of amides is 1. The monoisotopic (exact) mass is 423 g/mol. The molecule has 0 aliphatic rings. The van der Waals surface area contributed by atoms with Crippen LogP contribution in [0.1, 0.15) is 16.1 Å². The average molecular weight is 423 g/mol. The van der Waals surface area contributed by atoms with E-state index in [1.165, 1.54) is 23.5 Å². The standard InChI is InChI=1S/C22H18FN3O3S/c1-12-17(9-13-8-14(23)4-7-18(13)24-12)21(27)26-22-25-19(11-30-22)16-6-5-15(28-2)10-20(16)29-3/h4-11H,1-3H3,(H,25,26,27). The minimum absolute atomic E-state index is 0.353. The van der Waals surface area contributed by atoms with Crippen LogP contribution in [0.5, 0.6) is 11.5 Å². The van der Waals surface area contributed by atoms with Gasteiger partial charge < -0.3 is 9.47 Å². The summed E-state index contributed by atoms with van der Waals surface area (Å²) in [5, 5.41) is 5.63. The van der Waals surface area contributed by atoms with Crippen molar-refractivity contribution in [1.82, 2.24) is 9.97 Å².